The highest BCUT2D eigenvalue weighted by molar-refractivity contribution is 5.80. The molecule has 116 valence electrons. The number of ether oxygens (including phenoxy) is 2. The van der Waals surface area contributed by atoms with E-state index in [0.717, 1.165) is 31.2 Å². The highest BCUT2D eigenvalue weighted by Crippen LogP contribution is 2.29. The minimum Gasteiger partial charge on any atom is -0.497 e. The van der Waals surface area contributed by atoms with Crippen LogP contribution in [0.4, 0.5) is 0 Å². The van der Waals surface area contributed by atoms with E-state index in [0.29, 0.717) is 18.0 Å². The quantitative estimate of drug-likeness (QED) is 0.836. The van der Waals surface area contributed by atoms with Gasteiger partial charge in [0.05, 0.1) is 26.2 Å². The molecule has 21 heavy (non-hydrogen) atoms. The van der Waals surface area contributed by atoms with Gasteiger partial charge in [0.15, 0.2) is 0 Å². The smallest absolute Gasteiger partial charge is 0.225 e. The van der Waals surface area contributed by atoms with Crippen molar-refractivity contribution in [3.63, 3.8) is 0 Å². The Morgan fingerprint density at radius 3 is 2.57 bits per heavy atom. The first-order valence-corrected chi connectivity index (χ1v) is 7.34. The molecule has 1 aromatic rings. The molecule has 1 aliphatic rings. The highest BCUT2D eigenvalue weighted by Gasteiger charge is 2.33. The second kappa shape index (κ2) is 6.80. The van der Waals surface area contributed by atoms with Crippen LogP contribution in [0.1, 0.15) is 31.2 Å². The van der Waals surface area contributed by atoms with E-state index in [1.165, 1.54) is 0 Å². The summed E-state index contributed by atoms with van der Waals surface area (Å²) in [6.45, 7) is 0.494. The SMILES string of the molecule is COc1ccc(OC)c(CC(=O)NC2(CN)CCCC2)c1. The van der Waals surface area contributed by atoms with Crippen molar-refractivity contribution < 1.29 is 14.3 Å². The Balaban J connectivity index is 2.08. The molecule has 0 unspecified atom stereocenters. The normalized spacial score (nSPS) is 16.5. The number of rotatable bonds is 6. The van der Waals surface area contributed by atoms with Crippen molar-refractivity contribution in [1.82, 2.24) is 5.32 Å². The first-order valence-electron chi connectivity index (χ1n) is 7.34. The van der Waals surface area contributed by atoms with Crippen LogP contribution in [0.3, 0.4) is 0 Å². The number of carbonyl (C=O) groups is 1. The standard InChI is InChI=1S/C16H24N2O3/c1-20-13-5-6-14(21-2)12(9-13)10-15(19)18-16(11-17)7-3-4-8-16/h5-6,9H,3-4,7-8,10-11,17H2,1-2H3,(H,18,19). The Labute approximate surface area is 125 Å². The molecule has 0 aliphatic heterocycles. The average molecular weight is 292 g/mol. The van der Waals surface area contributed by atoms with Gasteiger partial charge in [0, 0.05) is 12.1 Å². The molecule has 0 atom stereocenters. The van der Waals surface area contributed by atoms with Crippen molar-refractivity contribution in [2.75, 3.05) is 20.8 Å². The Bertz CT molecular complexity index is 496. The van der Waals surface area contributed by atoms with E-state index in [9.17, 15) is 4.79 Å². The summed E-state index contributed by atoms with van der Waals surface area (Å²) in [5, 5.41) is 3.12. The van der Waals surface area contributed by atoms with Gasteiger partial charge < -0.3 is 20.5 Å². The van der Waals surface area contributed by atoms with E-state index in [-0.39, 0.29) is 17.9 Å². The third-order valence-corrected chi connectivity index (χ3v) is 4.19. The number of amides is 1. The van der Waals surface area contributed by atoms with Crippen molar-refractivity contribution in [2.45, 2.75) is 37.6 Å². The van der Waals surface area contributed by atoms with Gasteiger partial charge in [0.1, 0.15) is 11.5 Å². The summed E-state index contributed by atoms with van der Waals surface area (Å²) in [6.07, 6.45) is 4.44. The number of benzene rings is 1. The molecule has 1 fully saturated rings. The summed E-state index contributed by atoms with van der Waals surface area (Å²) in [5.74, 6) is 1.39. The number of carbonyl (C=O) groups excluding carboxylic acids is 1. The molecule has 2 rings (SSSR count). The molecular weight excluding hydrogens is 268 g/mol. The minimum atomic E-state index is -0.219. The maximum Gasteiger partial charge on any atom is 0.225 e. The Kier molecular flexibility index (Phi) is 5.07. The molecule has 1 aliphatic carbocycles. The zero-order chi connectivity index (χ0) is 15.3. The predicted octanol–water partition coefficient (Wildman–Crippen LogP) is 1.63. The van der Waals surface area contributed by atoms with E-state index in [4.69, 9.17) is 15.2 Å². The first-order chi connectivity index (χ1) is 10.1. The van der Waals surface area contributed by atoms with Crippen LogP contribution < -0.4 is 20.5 Å². The second-order valence-electron chi connectivity index (χ2n) is 5.59. The minimum absolute atomic E-state index is 0.0195. The number of methoxy groups -OCH3 is 2. The van der Waals surface area contributed by atoms with E-state index in [2.05, 4.69) is 5.32 Å². The molecule has 0 spiro atoms. The molecule has 0 radical (unpaired) electrons. The van der Waals surface area contributed by atoms with Gasteiger partial charge in [-0.1, -0.05) is 12.8 Å². The van der Waals surface area contributed by atoms with Crippen LogP contribution in [0.2, 0.25) is 0 Å². The molecule has 0 saturated heterocycles. The maximum absolute atomic E-state index is 12.3. The van der Waals surface area contributed by atoms with Gasteiger partial charge in [0.2, 0.25) is 5.91 Å². The lowest BCUT2D eigenvalue weighted by atomic mass is 9.97. The van der Waals surface area contributed by atoms with Gasteiger partial charge >= 0.3 is 0 Å². The van der Waals surface area contributed by atoms with Crippen molar-refractivity contribution in [3.8, 4) is 11.5 Å². The van der Waals surface area contributed by atoms with E-state index in [1.807, 2.05) is 18.2 Å². The molecule has 5 heteroatoms. The van der Waals surface area contributed by atoms with Crippen LogP contribution in [0.5, 0.6) is 11.5 Å². The fraction of sp³-hybridized carbons (Fsp3) is 0.562. The molecule has 0 aromatic heterocycles. The van der Waals surface area contributed by atoms with Gasteiger partial charge in [-0.25, -0.2) is 0 Å². The zero-order valence-electron chi connectivity index (χ0n) is 12.8. The van der Waals surface area contributed by atoms with Crippen LogP contribution in [-0.4, -0.2) is 32.2 Å². The summed E-state index contributed by atoms with van der Waals surface area (Å²) in [4.78, 5) is 12.3. The molecular formula is C16H24N2O3. The highest BCUT2D eigenvalue weighted by atomic mass is 16.5. The monoisotopic (exact) mass is 292 g/mol. The molecule has 0 heterocycles. The van der Waals surface area contributed by atoms with Crippen LogP contribution >= 0.6 is 0 Å². The van der Waals surface area contributed by atoms with E-state index >= 15 is 0 Å². The van der Waals surface area contributed by atoms with Crippen molar-refractivity contribution in [1.29, 1.82) is 0 Å². The maximum atomic E-state index is 12.3. The van der Waals surface area contributed by atoms with Crippen molar-refractivity contribution in [2.24, 2.45) is 5.73 Å². The van der Waals surface area contributed by atoms with Gasteiger partial charge in [-0.3, -0.25) is 4.79 Å². The topological polar surface area (TPSA) is 73.6 Å². The summed E-state index contributed by atoms with van der Waals surface area (Å²) in [5.41, 5.74) is 6.45. The number of nitrogens with two attached hydrogens (primary N) is 1. The lowest BCUT2D eigenvalue weighted by Crippen LogP contribution is -2.52. The average Bonchev–Trinajstić information content (AvgIpc) is 2.96. The molecule has 0 bridgehead atoms. The zero-order valence-corrected chi connectivity index (χ0v) is 12.8. The predicted molar refractivity (Wildman–Crippen MR) is 81.6 cm³/mol. The Morgan fingerprint density at radius 1 is 1.29 bits per heavy atom. The molecule has 5 nitrogen and oxygen atoms in total. The molecule has 3 N–H and O–H groups in total. The largest absolute Gasteiger partial charge is 0.497 e. The lowest BCUT2D eigenvalue weighted by Gasteiger charge is -2.28. The van der Waals surface area contributed by atoms with Crippen LogP contribution in [0.25, 0.3) is 0 Å². The third kappa shape index (κ3) is 3.67. The molecule has 1 amide bonds. The fourth-order valence-corrected chi connectivity index (χ4v) is 2.96. The first kappa shape index (κ1) is 15.6. The number of nitrogens with one attached hydrogen (secondary N) is 1. The fourth-order valence-electron chi connectivity index (χ4n) is 2.96. The van der Waals surface area contributed by atoms with Gasteiger partial charge in [0.25, 0.3) is 0 Å². The van der Waals surface area contributed by atoms with Gasteiger partial charge in [-0.2, -0.15) is 0 Å². The summed E-state index contributed by atoms with van der Waals surface area (Å²) < 4.78 is 10.5. The van der Waals surface area contributed by atoms with Crippen LogP contribution in [0.15, 0.2) is 18.2 Å². The Morgan fingerprint density at radius 2 is 2.00 bits per heavy atom. The molecule has 1 aromatic carbocycles. The number of hydrogen-bond acceptors (Lipinski definition) is 4. The van der Waals surface area contributed by atoms with Crippen molar-refractivity contribution in [3.05, 3.63) is 23.8 Å². The third-order valence-electron chi connectivity index (χ3n) is 4.19. The number of hydrogen-bond donors (Lipinski definition) is 2. The summed E-state index contributed by atoms with van der Waals surface area (Å²) in [7, 11) is 3.20. The molecule has 1 saturated carbocycles. The second-order valence-corrected chi connectivity index (χ2v) is 5.59. The summed E-state index contributed by atoms with van der Waals surface area (Å²) in [6, 6.07) is 5.47. The van der Waals surface area contributed by atoms with Gasteiger partial charge in [-0.05, 0) is 31.0 Å². The lowest BCUT2D eigenvalue weighted by molar-refractivity contribution is -0.122. The van der Waals surface area contributed by atoms with Crippen LogP contribution in [0, 0.1) is 0 Å². The van der Waals surface area contributed by atoms with Crippen molar-refractivity contribution >= 4 is 5.91 Å². The van der Waals surface area contributed by atoms with Gasteiger partial charge in [-0.15, -0.1) is 0 Å². The Hall–Kier alpha value is -1.75. The van der Waals surface area contributed by atoms with E-state index in [1.54, 1.807) is 14.2 Å². The van der Waals surface area contributed by atoms with E-state index < -0.39 is 0 Å². The summed E-state index contributed by atoms with van der Waals surface area (Å²) >= 11 is 0. The van der Waals surface area contributed by atoms with Crippen LogP contribution in [-0.2, 0) is 11.2 Å².